The molecule has 0 radical (unpaired) electrons. The standard InChI is InChI=1S/C14H19N3O4/c1-9(21-8-10-4-3-7-20-10)14(19)17-13-11(12(15)18)5-2-6-16-13/h2,5-6,9-10H,3-4,7-8H2,1H3,(H2,15,18)(H,16,17,19). The van der Waals surface area contributed by atoms with E-state index in [1.165, 1.54) is 12.3 Å². The summed E-state index contributed by atoms with van der Waals surface area (Å²) >= 11 is 0. The number of carbonyl (C=O) groups excluding carboxylic acids is 2. The average Bonchev–Trinajstić information content (AvgIpc) is 2.98. The molecule has 0 aromatic carbocycles. The van der Waals surface area contributed by atoms with E-state index >= 15 is 0 Å². The van der Waals surface area contributed by atoms with E-state index in [9.17, 15) is 9.59 Å². The number of nitrogens with zero attached hydrogens (tertiary/aromatic N) is 1. The molecule has 114 valence electrons. The van der Waals surface area contributed by atoms with Crippen LogP contribution in [0.2, 0.25) is 0 Å². The van der Waals surface area contributed by atoms with Gasteiger partial charge in [0, 0.05) is 12.8 Å². The third-order valence-corrected chi connectivity index (χ3v) is 3.24. The summed E-state index contributed by atoms with van der Waals surface area (Å²) in [7, 11) is 0. The Morgan fingerprint density at radius 2 is 2.43 bits per heavy atom. The number of pyridine rings is 1. The zero-order valence-corrected chi connectivity index (χ0v) is 11.9. The molecule has 1 aromatic heterocycles. The summed E-state index contributed by atoms with van der Waals surface area (Å²) in [5.74, 6) is -0.886. The molecule has 2 heterocycles. The maximum absolute atomic E-state index is 12.0. The largest absolute Gasteiger partial charge is 0.376 e. The Kier molecular flexibility index (Phi) is 5.24. The van der Waals surface area contributed by atoms with Gasteiger partial charge in [-0.25, -0.2) is 4.98 Å². The fourth-order valence-electron chi connectivity index (χ4n) is 2.03. The molecular formula is C14H19N3O4. The van der Waals surface area contributed by atoms with Crippen molar-refractivity contribution < 1.29 is 19.1 Å². The van der Waals surface area contributed by atoms with Crippen LogP contribution in [-0.4, -0.2) is 42.2 Å². The molecule has 0 saturated carbocycles. The van der Waals surface area contributed by atoms with Crippen LogP contribution in [0, 0.1) is 0 Å². The molecule has 2 amide bonds. The zero-order chi connectivity index (χ0) is 15.2. The van der Waals surface area contributed by atoms with Gasteiger partial charge in [-0.15, -0.1) is 0 Å². The highest BCUT2D eigenvalue weighted by Crippen LogP contribution is 2.14. The van der Waals surface area contributed by atoms with E-state index in [0.717, 1.165) is 19.4 Å². The van der Waals surface area contributed by atoms with Gasteiger partial charge >= 0.3 is 0 Å². The second kappa shape index (κ2) is 7.14. The Morgan fingerprint density at radius 3 is 3.10 bits per heavy atom. The molecule has 1 aromatic rings. The lowest BCUT2D eigenvalue weighted by Crippen LogP contribution is -2.31. The highest BCUT2D eigenvalue weighted by atomic mass is 16.5. The van der Waals surface area contributed by atoms with Crippen LogP contribution in [0.4, 0.5) is 5.82 Å². The molecule has 0 aliphatic carbocycles. The molecule has 1 aliphatic rings. The SMILES string of the molecule is CC(OCC1CCCO1)C(=O)Nc1ncccc1C(N)=O. The van der Waals surface area contributed by atoms with E-state index in [1.807, 2.05) is 0 Å². The Labute approximate surface area is 122 Å². The van der Waals surface area contributed by atoms with E-state index in [0.29, 0.717) is 6.61 Å². The van der Waals surface area contributed by atoms with Crippen molar-refractivity contribution in [3.05, 3.63) is 23.9 Å². The lowest BCUT2D eigenvalue weighted by Gasteiger charge is -2.16. The van der Waals surface area contributed by atoms with Crippen molar-refractivity contribution in [3.8, 4) is 0 Å². The molecule has 2 atom stereocenters. The van der Waals surface area contributed by atoms with Crippen molar-refractivity contribution in [3.63, 3.8) is 0 Å². The zero-order valence-electron chi connectivity index (χ0n) is 11.9. The lowest BCUT2D eigenvalue weighted by molar-refractivity contribution is -0.128. The molecule has 1 fully saturated rings. The Hall–Kier alpha value is -1.99. The third-order valence-electron chi connectivity index (χ3n) is 3.24. The minimum atomic E-state index is -0.670. The van der Waals surface area contributed by atoms with Gasteiger partial charge in [-0.1, -0.05) is 0 Å². The van der Waals surface area contributed by atoms with E-state index in [2.05, 4.69) is 10.3 Å². The van der Waals surface area contributed by atoms with Crippen LogP contribution in [0.15, 0.2) is 18.3 Å². The van der Waals surface area contributed by atoms with Crippen molar-refractivity contribution in [2.45, 2.75) is 32.0 Å². The molecule has 1 saturated heterocycles. The first-order valence-electron chi connectivity index (χ1n) is 6.87. The fourth-order valence-corrected chi connectivity index (χ4v) is 2.03. The molecule has 7 heteroatoms. The Morgan fingerprint density at radius 1 is 1.62 bits per heavy atom. The van der Waals surface area contributed by atoms with Crippen LogP contribution in [-0.2, 0) is 14.3 Å². The lowest BCUT2D eigenvalue weighted by atomic mass is 10.2. The molecule has 0 spiro atoms. The number of hydrogen-bond donors (Lipinski definition) is 2. The van der Waals surface area contributed by atoms with Crippen molar-refractivity contribution in [2.24, 2.45) is 5.73 Å². The van der Waals surface area contributed by atoms with E-state index in [4.69, 9.17) is 15.2 Å². The number of aromatic nitrogens is 1. The maximum atomic E-state index is 12.0. The first-order chi connectivity index (χ1) is 10.1. The molecule has 2 unspecified atom stereocenters. The van der Waals surface area contributed by atoms with E-state index < -0.39 is 12.0 Å². The predicted molar refractivity (Wildman–Crippen MR) is 75.8 cm³/mol. The van der Waals surface area contributed by atoms with Crippen molar-refractivity contribution in [1.29, 1.82) is 0 Å². The molecule has 1 aliphatic heterocycles. The third kappa shape index (κ3) is 4.24. The average molecular weight is 293 g/mol. The molecule has 21 heavy (non-hydrogen) atoms. The quantitative estimate of drug-likeness (QED) is 0.803. The summed E-state index contributed by atoms with van der Waals surface area (Å²) in [6.07, 6.45) is 2.82. The fraction of sp³-hybridized carbons (Fsp3) is 0.500. The first-order valence-corrected chi connectivity index (χ1v) is 6.87. The normalized spacial score (nSPS) is 19.2. The first kappa shape index (κ1) is 15.4. The van der Waals surface area contributed by atoms with Crippen molar-refractivity contribution >= 4 is 17.6 Å². The van der Waals surface area contributed by atoms with Crippen LogP contribution in [0.5, 0.6) is 0 Å². The molecule has 3 N–H and O–H groups in total. The van der Waals surface area contributed by atoms with Crippen LogP contribution in [0.25, 0.3) is 0 Å². The van der Waals surface area contributed by atoms with Gasteiger partial charge in [-0.3, -0.25) is 9.59 Å². The number of hydrogen-bond acceptors (Lipinski definition) is 5. The Bertz CT molecular complexity index is 515. The molecule has 7 nitrogen and oxygen atoms in total. The number of anilines is 1. The minimum Gasteiger partial charge on any atom is -0.376 e. The Balaban J connectivity index is 1.89. The molecular weight excluding hydrogens is 274 g/mol. The summed E-state index contributed by atoms with van der Waals surface area (Å²) in [5.41, 5.74) is 5.39. The van der Waals surface area contributed by atoms with Gasteiger partial charge < -0.3 is 20.5 Å². The number of rotatable bonds is 6. The van der Waals surface area contributed by atoms with Gasteiger partial charge in [0.1, 0.15) is 11.9 Å². The number of carbonyl (C=O) groups is 2. The number of nitrogens with two attached hydrogens (primary N) is 1. The smallest absolute Gasteiger partial charge is 0.254 e. The second-order valence-corrected chi connectivity index (χ2v) is 4.86. The van der Waals surface area contributed by atoms with Gasteiger partial charge in [0.2, 0.25) is 0 Å². The van der Waals surface area contributed by atoms with Gasteiger partial charge in [0.25, 0.3) is 11.8 Å². The number of amides is 2. The number of ether oxygens (including phenoxy) is 2. The van der Waals surface area contributed by atoms with Gasteiger partial charge in [0.15, 0.2) is 0 Å². The van der Waals surface area contributed by atoms with Crippen LogP contribution in [0.1, 0.15) is 30.1 Å². The highest BCUT2D eigenvalue weighted by Gasteiger charge is 2.21. The van der Waals surface area contributed by atoms with Crippen LogP contribution >= 0.6 is 0 Å². The summed E-state index contributed by atoms with van der Waals surface area (Å²) in [6, 6.07) is 3.08. The maximum Gasteiger partial charge on any atom is 0.254 e. The van der Waals surface area contributed by atoms with E-state index in [1.54, 1.807) is 13.0 Å². The summed E-state index contributed by atoms with van der Waals surface area (Å²) in [6.45, 7) is 2.75. The van der Waals surface area contributed by atoms with Crippen LogP contribution < -0.4 is 11.1 Å². The molecule has 2 rings (SSSR count). The van der Waals surface area contributed by atoms with Gasteiger partial charge in [-0.2, -0.15) is 0 Å². The topological polar surface area (TPSA) is 104 Å². The van der Waals surface area contributed by atoms with Crippen LogP contribution in [0.3, 0.4) is 0 Å². The molecule has 0 bridgehead atoms. The monoisotopic (exact) mass is 293 g/mol. The van der Waals surface area contributed by atoms with Crippen molar-refractivity contribution in [1.82, 2.24) is 4.98 Å². The predicted octanol–water partition coefficient (Wildman–Crippen LogP) is 0.703. The van der Waals surface area contributed by atoms with Gasteiger partial charge in [-0.05, 0) is 31.9 Å². The second-order valence-electron chi connectivity index (χ2n) is 4.86. The highest BCUT2D eigenvalue weighted by molar-refractivity contribution is 6.02. The summed E-state index contributed by atoms with van der Waals surface area (Å²) in [5, 5.41) is 2.55. The minimum absolute atomic E-state index is 0.0521. The van der Waals surface area contributed by atoms with Gasteiger partial charge in [0.05, 0.1) is 18.3 Å². The number of nitrogens with one attached hydrogen (secondary N) is 1. The van der Waals surface area contributed by atoms with E-state index in [-0.39, 0.29) is 23.4 Å². The summed E-state index contributed by atoms with van der Waals surface area (Å²) < 4.78 is 10.9. The summed E-state index contributed by atoms with van der Waals surface area (Å²) in [4.78, 5) is 27.2. The number of primary amides is 1. The van der Waals surface area contributed by atoms with Crippen molar-refractivity contribution in [2.75, 3.05) is 18.5 Å².